The number of benzene rings is 3. The molecule has 1 amide bonds. The second kappa shape index (κ2) is 11.4. The zero-order chi connectivity index (χ0) is 24.7. The molecule has 3 aromatic rings. The van der Waals surface area contributed by atoms with E-state index in [9.17, 15) is 23.5 Å². The van der Waals surface area contributed by atoms with E-state index in [0.717, 1.165) is 12.1 Å². The van der Waals surface area contributed by atoms with Crippen molar-refractivity contribution in [2.75, 3.05) is 19.8 Å². The number of hydrogen-bond donors (Lipinski definition) is 2. The fourth-order valence-electron chi connectivity index (χ4n) is 3.35. The zero-order valence-electron chi connectivity index (χ0n) is 18.8. The summed E-state index contributed by atoms with van der Waals surface area (Å²) >= 11 is 0. The van der Waals surface area contributed by atoms with Crippen LogP contribution < -0.4 is 14.8 Å². The number of hydrogen-bond acceptors (Lipinski definition) is 5. The summed E-state index contributed by atoms with van der Waals surface area (Å²) in [5.41, 5.74) is 0.695. The molecule has 0 fully saturated rings. The third-order valence-electron chi connectivity index (χ3n) is 5.01. The molecule has 0 bridgehead atoms. The first-order valence-electron chi connectivity index (χ1n) is 10.8. The first-order valence-corrected chi connectivity index (χ1v) is 10.8. The van der Waals surface area contributed by atoms with Crippen LogP contribution in [0.1, 0.15) is 51.8 Å². The maximum atomic E-state index is 13.4. The smallest absolute Gasteiger partial charge is 0.252 e. The summed E-state index contributed by atoms with van der Waals surface area (Å²) in [4.78, 5) is 26.0. The Morgan fingerprint density at radius 1 is 0.882 bits per heavy atom. The summed E-state index contributed by atoms with van der Waals surface area (Å²) in [7, 11) is 0. The lowest BCUT2D eigenvalue weighted by molar-refractivity contribution is 0.0908. The summed E-state index contributed by atoms with van der Waals surface area (Å²) in [5, 5.41) is 12.8. The number of rotatable bonds is 10. The lowest BCUT2D eigenvalue weighted by Crippen LogP contribution is -2.29. The number of ether oxygens (including phenoxy) is 2. The number of ketones is 1. The Balaban J connectivity index is 1.79. The minimum Gasteiger partial charge on any atom is -0.490 e. The van der Waals surface area contributed by atoms with Gasteiger partial charge in [-0.3, -0.25) is 9.59 Å². The Labute approximate surface area is 196 Å². The molecule has 1 atom stereocenters. The fourth-order valence-corrected chi connectivity index (χ4v) is 3.35. The van der Waals surface area contributed by atoms with Crippen LogP contribution in [0.4, 0.5) is 8.78 Å². The molecule has 0 saturated carbocycles. The Hall–Kier alpha value is -3.78. The largest absolute Gasteiger partial charge is 0.490 e. The van der Waals surface area contributed by atoms with Crippen molar-refractivity contribution in [1.29, 1.82) is 0 Å². The third-order valence-corrected chi connectivity index (χ3v) is 5.01. The molecule has 3 aromatic carbocycles. The first-order chi connectivity index (χ1) is 16.3. The molecule has 0 spiro atoms. The molecular formula is C26H25F2NO5. The van der Waals surface area contributed by atoms with Crippen LogP contribution in [-0.2, 0) is 0 Å². The Kier molecular flexibility index (Phi) is 8.32. The average molecular weight is 469 g/mol. The summed E-state index contributed by atoms with van der Waals surface area (Å²) in [6.45, 7) is 4.22. The van der Waals surface area contributed by atoms with Crippen LogP contribution in [0.2, 0.25) is 0 Å². The van der Waals surface area contributed by atoms with Gasteiger partial charge in [-0.2, -0.15) is 0 Å². The minimum absolute atomic E-state index is 0.108. The minimum atomic E-state index is -1.26. The molecule has 0 heterocycles. The standard InChI is InChI=1S/C26H25F2NO5/c1-3-33-23-12-10-17(14-24(23)34-4-2)25(31)18-7-5-6-8-19(18)26(32)29-15-22(30)16-9-11-20(27)21(28)13-16/h5-14,22,30H,3-4,15H2,1-2H3,(H,29,32)/t22-/m0/s1. The van der Waals surface area contributed by atoms with Crippen LogP contribution in [0, 0.1) is 11.6 Å². The van der Waals surface area contributed by atoms with Gasteiger partial charge in [0, 0.05) is 17.7 Å². The summed E-state index contributed by atoms with van der Waals surface area (Å²) in [5.74, 6) is -2.18. The van der Waals surface area contributed by atoms with Gasteiger partial charge in [0.1, 0.15) is 0 Å². The average Bonchev–Trinajstić information content (AvgIpc) is 2.85. The lowest BCUT2D eigenvalue weighted by atomic mass is 9.97. The second-order valence-electron chi connectivity index (χ2n) is 7.30. The van der Waals surface area contributed by atoms with Gasteiger partial charge in [-0.05, 0) is 55.8 Å². The van der Waals surface area contributed by atoms with E-state index in [1.807, 2.05) is 13.8 Å². The van der Waals surface area contributed by atoms with Crippen LogP contribution in [0.3, 0.4) is 0 Å². The van der Waals surface area contributed by atoms with E-state index in [4.69, 9.17) is 9.47 Å². The van der Waals surface area contributed by atoms with E-state index in [1.54, 1.807) is 30.3 Å². The van der Waals surface area contributed by atoms with Crippen molar-refractivity contribution in [3.05, 3.63) is 94.6 Å². The fraction of sp³-hybridized carbons (Fsp3) is 0.231. The highest BCUT2D eigenvalue weighted by atomic mass is 19.2. The van der Waals surface area contributed by atoms with Crippen molar-refractivity contribution in [3.8, 4) is 11.5 Å². The van der Waals surface area contributed by atoms with E-state index in [0.29, 0.717) is 30.3 Å². The van der Waals surface area contributed by atoms with E-state index >= 15 is 0 Å². The van der Waals surface area contributed by atoms with Crippen molar-refractivity contribution < 1.29 is 33.0 Å². The molecule has 178 valence electrons. The quantitative estimate of drug-likeness (QED) is 0.429. The summed E-state index contributed by atoms with van der Waals surface area (Å²) < 4.78 is 37.6. The molecule has 2 N–H and O–H groups in total. The van der Waals surface area contributed by atoms with Gasteiger partial charge < -0.3 is 19.9 Å². The molecule has 0 aliphatic carbocycles. The zero-order valence-corrected chi connectivity index (χ0v) is 18.8. The second-order valence-corrected chi connectivity index (χ2v) is 7.30. The highest BCUT2D eigenvalue weighted by Gasteiger charge is 2.20. The van der Waals surface area contributed by atoms with Crippen LogP contribution in [0.5, 0.6) is 11.5 Å². The van der Waals surface area contributed by atoms with Crippen molar-refractivity contribution in [2.45, 2.75) is 20.0 Å². The Morgan fingerprint density at radius 2 is 1.56 bits per heavy atom. The number of aliphatic hydroxyl groups excluding tert-OH is 1. The van der Waals surface area contributed by atoms with Gasteiger partial charge in [0.2, 0.25) is 0 Å². The van der Waals surface area contributed by atoms with Crippen molar-refractivity contribution in [1.82, 2.24) is 5.32 Å². The molecule has 34 heavy (non-hydrogen) atoms. The number of halogens is 2. The van der Waals surface area contributed by atoms with Gasteiger partial charge in [0.15, 0.2) is 28.9 Å². The Bertz CT molecular complexity index is 1180. The van der Waals surface area contributed by atoms with E-state index in [2.05, 4.69) is 5.32 Å². The number of nitrogens with one attached hydrogen (secondary N) is 1. The van der Waals surface area contributed by atoms with Crippen LogP contribution in [0.15, 0.2) is 60.7 Å². The highest BCUT2D eigenvalue weighted by molar-refractivity contribution is 6.15. The molecule has 3 rings (SSSR count). The van der Waals surface area contributed by atoms with Gasteiger partial charge in [-0.1, -0.05) is 24.3 Å². The monoisotopic (exact) mass is 469 g/mol. The van der Waals surface area contributed by atoms with Crippen molar-refractivity contribution in [2.24, 2.45) is 0 Å². The highest BCUT2D eigenvalue weighted by Crippen LogP contribution is 2.30. The number of carbonyl (C=O) groups excluding carboxylic acids is 2. The lowest BCUT2D eigenvalue weighted by Gasteiger charge is -2.15. The molecular weight excluding hydrogens is 444 g/mol. The molecule has 0 aromatic heterocycles. The first kappa shape index (κ1) is 24.9. The SMILES string of the molecule is CCOc1ccc(C(=O)c2ccccc2C(=O)NC[C@H](O)c2ccc(F)c(F)c2)cc1OCC. The molecule has 0 aliphatic heterocycles. The predicted molar refractivity (Wildman–Crippen MR) is 122 cm³/mol. The van der Waals surface area contributed by atoms with Gasteiger partial charge in [0.05, 0.1) is 24.9 Å². The van der Waals surface area contributed by atoms with Gasteiger partial charge in [0.25, 0.3) is 5.91 Å². The molecule has 6 nitrogen and oxygen atoms in total. The normalized spacial score (nSPS) is 11.6. The van der Waals surface area contributed by atoms with Gasteiger partial charge >= 0.3 is 0 Å². The molecule has 0 unspecified atom stereocenters. The van der Waals surface area contributed by atoms with E-state index in [1.165, 1.54) is 18.2 Å². The van der Waals surface area contributed by atoms with E-state index < -0.39 is 29.4 Å². The van der Waals surface area contributed by atoms with Crippen LogP contribution in [0.25, 0.3) is 0 Å². The topological polar surface area (TPSA) is 84.9 Å². The van der Waals surface area contributed by atoms with Gasteiger partial charge in [-0.15, -0.1) is 0 Å². The molecule has 8 heteroatoms. The third kappa shape index (κ3) is 5.77. The molecule has 0 radical (unpaired) electrons. The summed E-state index contributed by atoms with van der Waals surface area (Å²) in [6.07, 6.45) is -1.26. The maximum absolute atomic E-state index is 13.4. The predicted octanol–water partition coefficient (Wildman–Crippen LogP) is 4.46. The maximum Gasteiger partial charge on any atom is 0.252 e. The Morgan fingerprint density at radius 3 is 2.24 bits per heavy atom. The van der Waals surface area contributed by atoms with E-state index in [-0.39, 0.29) is 23.2 Å². The number of carbonyl (C=O) groups is 2. The van der Waals surface area contributed by atoms with Gasteiger partial charge in [-0.25, -0.2) is 8.78 Å². The number of aliphatic hydroxyl groups is 1. The molecule has 0 saturated heterocycles. The van der Waals surface area contributed by atoms with Crippen LogP contribution in [-0.4, -0.2) is 36.6 Å². The molecule has 0 aliphatic rings. The van der Waals surface area contributed by atoms with Crippen molar-refractivity contribution in [3.63, 3.8) is 0 Å². The van der Waals surface area contributed by atoms with Crippen LogP contribution >= 0.6 is 0 Å². The van der Waals surface area contributed by atoms with Crippen molar-refractivity contribution >= 4 is 11.7 Å². The summed E-state index contributed by atoms with van der Waals surface area (Å²) in [6, 6.07) is 14.1. The number of amides is 1.